The van der Waals surface area contributed by atoms with Crippen LogP contribution < -0.4 is 5.73 Å². The molecule has 0 unspecified atom stereocenters. The number of nitrogens with two attached hydrogens (primary N) is 1. The number of aryl methyl sites for hydroxylation is 1. The largest absolute Gasteiger partial charge is 0.384 e. The maximum Gasteiger partial charge on any atom is 0.282 e. The van der Waals surface area contributed by atoms with Gasteiger partial charge in [0.1, 0.15) is 5.82 Å². The van der Waals surface area contributed by atoms with Crippen molar-refractivity contribution >= 4 is 16.0 Å². The molecule has 2 N–H and O–H groups in total. The van der Waals surface area contributed by atoms with Gasteiger partial charge in [-0.25, -0.2) is 4.98 Å². The van der Waals surface area contributed by atoms with E-state index in [4.69, 9.17) is 15.2 Å². The Hall–Kier alpha value is -1.26. The average Bonchev–Trinajstić information content (AvgIpc) is 2.61. The lowest BCUT2D eigenvalue weighted by molar-refractivity contribution is -0.00866. The smallest absolute Gasteiger partial charge is 0.282 e. The van der Waals surface area contributed by atoms with Crippen molar-refractivity contribution in [2.24, 2.45) is 0 Å². The molecule has 0 aliphatic carbocycles. The molecule has 0 amide bonds. The molecule has 0 bridgehead atoms. The second-order valence-electron chi connectivity index (χ2n) is 6.00. The van der Waals surface area contributed by atoms with Crippen LogP contribution in [0.25, 0.3) is 0 Å². The molecule has 2 aliphatic rings. The van der Waals surface area contributed by atoms with Crippen LogP contribution in [0.15, 0.2) is 18.3 Å². The van der Waals surface area contributed by atoms with Gasteiger partial charge in [-0.2, -0.15) is 17.0 Å². The average molecular weight is 356 g/mol. The third-order valence-electron chi connectivity index (χ3n) is 4.32. The summed E-state index contributed by atoms with van der Waals surface area (Å²) < 4.78 is 39.5. The van der Waals surface area contributed by atoms with Crippen LogP contribution in [0.2, 0.25) is 0 Å². The molecular formula is C15H24N4O4S. The number of nitrogens with zero attached hydrogens (tertiary/aromatic N) is 3. The molecule has 9 heteroatoms. The van der Waals surface area contributed by atoms with Crippen LogP contribution in [0.1, 0.15) is 12.0 Å². The van der Waals surface area contributed by atoms with Crippen LogP contribution in [0, 0.1) is 0 Å². The van der Waals surface area contributed by atoms with E-state index in [1.54, 1.807) is 6.20 Å². The van der Waals surface area contributed by atoms with Gasteiger partial charge in [-0.05, 0) is 30.5 Å². The summed E-state index contributed by atoms with van der Waals surface area (Å²) in [6.45, 7) is 2.96. The lowest BCUT2D eigenvalue weighted by Gasteiger charge is -2.36. The van der Waals surface area contributed by atoms with Crippen molar-refractivity contribution in [2.75, 3.05) is 51.7 Å². The third-order valence-corrected chi connectivity index (χ3v) is 6.33. The number of nitrogen functional groups attached to an aromatic ring is 1. The number of hydrogen-bond acceptors (Lipinski definition) is 6. The van der Waals surface area contributed by atoms with Crippen LogP contribution in [0.5, 0.6) is 0 Å². The van der Waals surface area contributed by atoms with E-state index >= 15 is 0 Å². The fraction of sp³-hybridized carbons (Fsp3) is 0.667. The number of rotatable bonds is 5. The van der Waals surface area contributed by atoms with Crippen molar-refractivity contribution in [3.63, 3.8) is 0 Å². The highest BCUT2D eigenvalue weighted by molar-refractivity contribution is 7.86. The summed E-state index contributed by atoms with van der Waals surface area (Å²) in [7, 11) is -3.43. The van der Waals surface area contributed by atoms with Gasteiger partial charge in [0.05, 0.1) is 25.9 Å². The molecule has 2 fully saturated rings. The van der Waals surface area contributed by atoms with Crippen LogP contribution in [0.4, 0.5) is 5.82 Å². The molecule has 0 spiro atoms. The summed E-state index contributed by atoms with van der Waals surface area (Å²) in [5.74, 6) is 0.494. The fourth-order valence-corrected chi connectivity index (χ4v) is 4.59. The molecule has 1 atom stereocenters. The Morgan fingerprint density at radius 3 is 2.71 bits per heavy atom. The monoisotopic (exact) mass is 356 g/mol. The van der Waals surface area contributed by atoms with Crippen LogP contribution in [-0.2, 0) is 26.1 Å². The van der Waals surface area contributed by atoms with Crippen molar-refractivity contribution in [1.29, 1.82) is 0 Å². The molecule has 8 nitrogen and oxygen atoms in total. The van der Waals surface area contributed by atoms with Crippen LogP contribution >= 0.6 is 0 Å². The van der Waals surface area contributed by atoms with Gasteiger partial charge in [-0.15, -0.1) is 0 Å². The molecule has 2 saturated heterocycles. The summed E-state index contributed by atoms with van der Waals surface area (Å²) in [4.78, 5) is 3.97. The Kier molecular flexibility index (Phi) is 5.67. The Bertz CT molecular complexity index is 649. The molecule has 3 heterocycles. The number of anilines is 1. The van der Waals surface area contributed by atoms with Crippen molar-refractivity contribution in [2.45, 2.75) is 18.9 Å². The van der Waals surface area contributed by atoms with E-state index in [0.29, 0.717) is 51.8 Å². The molecule has 0 saturated carbocycles. The second kappa shape index (κ2) is 7.75. The van der Waals surface area contributed by atoms with E-state index in [2.05, 4.69) is 4.98 Å². The predicted molar refractivity (Wildman–Crippen MR) is 89.6 cm³/mol. The van der Waals surface area contributed by atoms with E-state index in [9.17, 15) is 8.42 Å². The summed E-state index contributed by atoms with van der Waals surface area (Å²) >= 11 is 0. The molecule has 134 valence electrons. The number of ether oxygens (including phenoxy) is 2. The Morgan fingerprint density at radius 1 is 1.21 bits per heavy atom. The molecule has 1 aromatic heterocycles. The summed E-state index contributed by atoms with van der Waals surface area (Å²) in [5.41, 5.74) is 6.77. The highest BCUT2D eigenvalue weighted by Crippen LogP contribution is 2.18. The van der Waals surface area contributed by atoms with Gasteiger partial charge in [0, 0.05) is 32.4 Å². The maximum absolute atomic E-state index is 12.7. The number of hydrogen-bond donors (Lipinski definition) is 1. The lowest BCUT2D eigenvalue weighted by atomic mass is 10.1. The van der Waals surface area contributed by atoms with Gasteiger partial charge in [-0.3, -0.25) is 0 Å². The van der Waals surface area contributed by atoms with E-state index < -0.39 is 10.2 Å². The van der Waals surface area contributed by atoms with Crippen LogP contribution in [-0.4, -0.2) is 74.1 Å². The minimum absolute atomic E-state index is 0.107. The first-order valence-electron chi connectivity index (χ1n) is 8.21. The zero-order valence-corrected chi connectivity index (χ0v) is 14.5. The Morgan fingerprint density at radius 2 is 1.96 bits per heavy atom. The number of morpholine rings is 2. The van der Waals surface area contributed by atoms with Gasteiger partial charge in [0.25, 0.3) is 10.2 Å². The van der Waals surface area contributed by atoms with Gasteiger partial charge >= 0.3 is 0 Å². The van der Waals surface area contributed by atoms with E-state index in [0.717, 1.165) is 18.4 Å². The van der Waals surface area contributed by atoms with Gasteiger partial charge in [0.2, 0.25) is 0 Å². The standard InChI is InChI=1S/C15H24N4O4S/c16-15-11-13(3-4-17-15)1-2-14-12-19(7-10-23-14)24(20,21)18-5-8-22-9-6-18/h3-4,11,14H,1-2,5-10,12H2,(H2,16,17)/t14-/m0/s1. The Labute approximate surface area is 142 Å². The zero-order chi connectivity index (χ0) is 17.0. The van der Waals surface area contributed by atoms with Crippen molar-refractivity contribution in [3.8, 4) is 0 Å². The molecular weight excluding hydrogens is 332 g/mol. The SMILES string of the molecule is Nc1cc(CC[C@H]2CN(S(=O)(=O)N3CCOCC3)CCO2)ccn1. The first kappa shape index (κ1) is 17.6. The predicted octanol–water partition coefficient (Wildman–Crippen LogP) is -0.126. The van der Waals surface area contributed by atoms with Crippen molar-refractivity contribution < 1.29 is 17.9 Å². The van der Waals surface area contributed by atoms with E-state index in [1.807, 2.05) is 12.1 Å². The summed E-state index contributed by atoms with van der Waals surface area (Å²) in [5, 5.41) is 0. The minimum atomic E-state index is -3.43. The van der Waals surface area contributed by atoms with E-state index in [1.165, 1.54) is 8.61 Å². The lowest BCUT2D eigenvalue weighted by Crippen LogP contribution is -2.53. The molecule has 0 aromatic carbocycles. The minimum Gasteiger partial charge on any atom is -0.384 e. The van der Waals surface area contributed by atoms with Gasteiger partial charge in [-0.1, -0.05) is 0 Å². The molecule has 0 radical (unpaired) electrons. The first-order valence-corrected chi connectivity index (χ1v) is 9.60. The summed E-state index contributed by atoms with van der Waals surface area (Å²) in [6.07, 6.45) is 3.10. The fourth-order valence-electron chi connectivity index (χ4n) is 2.99. The highest BCUT2D eigenvalue weighted by Gasteiger charge is 2.34. The first-order chi connectivity index (χ1) is 11.6. The molecule has 3 rings (SSSR count). The van der Waals surface area contributed by atoms with Gasteiger partial charge < -0.3 is 15.2 Å². The second-order valence-corrected chi connectivity index (χ2v) is 7.93. The maximum atomic E-state index is 12.7. The van der Waals surface area contributed by atoms with Crippen molar-refractivity contribution in [1.82, 2.24) is 13.6 Å². The quantitative estimate of drug-likeness (QED) is 0.789. The number of aromatic nitrogens is 1. The molecule has 2 aliphatic heterocycles. The van der Waals surface area contributed by atoms with Crippen LogP contribution in [0.3, 0.4) is 0 Å². The Balaban J connectivity index is 1.57. The third kappa shape index (κ3) is 4.22. The zero-order valence-electron chi connectivity index (χ0n) is 13.6. The number of pyridine rings is 1. The molecule has 24 heavy (non-hydrogen) atoms. The highest BCUT2D eigenvalue weighted by atomic mass is 32.2. The van der Waals surface area contributed by atoms with Gasteiger partial charge in [0.15, 0.2) is 0 Å². The molecule has 1 aromatic rings. The topological polar surface area (TPSA) is 98.0 Å². The van der Waals surface area contributed by atoms with E-state index in [-0.39, 0.29) is 6.10 Å². The normalized spacial score (nSPS) is 24.1. The summed E-state index contributed by atoms with van der Waals surface area (Å²) in [6, 6.07) is 3.76. The van der Waals surface area contributed by atoms with Crippen molar-refractivity contribution in [3.05, 3.63) is 23.9 Å².